The topological polar surface area (TPSA) is 79.1 Å². The molecule has 0 amide bonds. The lowest BCUT2D eigenvalue weighted by Crippen LogP contribution is -2.31. The molecule has 158 valence electrons. The molecule has 6 heteroatoms. The molecule has 0 saturated heterocycles. The van der Waals surface area contributed by atoms with E-state index in [1.807, 2.05) is 44.4 Å². The Hall–Kier alpha value is -2.86. The van der Waals surface area contributed by atoms with Crippen molar-refractivity contribution in [1.82, 2.24) is 15.3 Å². The van der Waals surface area contributed by atoms with Crippen LogP contribution in [0.25, 0.3) is 10.9 Å². The van der Waals surface area contributed by atoms with Crippen LogP contribution >= 0.6 is 0 Å². The number of fused-ring (bicyclic) bond motifs is 1. The molecule has 0 bridgehead atoms. The number of benzene rings is 2. The lowest BCUT2D eigenvalue weighted by molar-refractivity contribution is 0.324. The number of rotatable bonds is 7. The monoisotopic (exact) mass is 404 g/mol. The van der Waals surface area contributed by atoms with Crippen LogP contribution in [0.3, 0.4) is 0 Å². The molecular weight excluding hydrogens is 372 g/mol. The minimum atomic E-state index is 0.433. The number of nitrogen functional groups attached to an aromatic ring is 1. The molecule has 1 aromatic heterocycles. The van der Waals surface area contributed by atoms with E-state index >= 15 is 0 Å². The normalized spacial score (nSPS) is 19.0. The quantitative estimate of drug-likeness (QED) is 0.516. The molecular formula is C24H32N6. The highest BCUT2D eigenvalue weighted by molar-refractivity contribution is 5.90. The Morgan fingerprint density at radius 2 is 1.70 bits per heavy atom. The molecule has 1 aliphatic rings. The Morgan fingerprint density at radius 1 is 0.967 bits per heavy atom. The minimum absolute atomic E-state index is 0.433. The summed E-state index contributed by atoms with van der Waals surface area (Å²) in [7, 11) is 4.06. The first-order valence-corrected chi connectivity index (χ1v) is 10.8. The van der Waals surface area contributed by atoms with Gasteiger partial charge in [-0.2, -0.15) is 4.98 Å². The first-order valence-electron chi connectivity index (χ1n) is 10.8. The van der Waals surface area contributed by atoms with Crippen LogP contribution in [0.5, 0.6) is 0 Å². The molecule has 0 atom stereocenters. The van der Waals surface area contributed by atoms with Gasteiger partial charge in [-0.1, -0.05) is 30.3 Å². The second-order valence-corrected chi connectivity index (χ2v) is 8.47. The van der Waals surface area contributed by atoms with Gasteiger partial charge in [-0.25, -0.2) is 4.98 Å². The van der Waals surface area contributed by atoms with Crippen LogP contribution < -0.4 is 21.3 Å². The van der Waals surface area contributed by atoms with Gasteiger partial charge >= 0.3 is 0 Å². The van der Waals surface area contributed by atoms with Gasteiger partial charge in [0.25, 0.3) is 0 Å². The van der Waals surface area contributed by atoms with Crippen LogP contribution in [0.4, 0.5) is 17.5 Å². The number of para-hydroxylation sites is 2. The van der Waals surface area contributed by atoms with Crippen LogP contribution in [0, 0.1) is 5.92 Å². The van der Waals surface area contributed by atoms with E-state index < -0.39 is 0 Å². The standard InChI is InChI=1S/C24H32N6/c1-30(2)23-20-8-4-6-10-22(20)28-24(29-23)27-19-13-11-17(12-14-19)15-26-16-18-7-3-5-9-21(18)25/h3-10,17,19,26H,11-16,25H2,1-2H3,(H,27,28,29). The van der Waals surface area contributed by atoms with Crippen LogP contribution in [-0.2, 0) is 6.54 Å². The highest BCUT2D eigenvalue weighted by Gasteiger charge is 2.22. The lowest BCUT2D eigenvalue weighted by atomic mass is 9.86. The first-order chi connectivity index (χ1) is 14.6. The third-order valence-electron chi connectivity index (χ3n) is 5.99. The molecule has 4 rings (SSSR count). The van der Waals surface area contributed by atoms with Crippen LogP contribution in [0.2, 0.25) is 0 Å². The van der Waals surface area contributed by atoms with E-state index in [0.717, 1.165) is 54.3 Å². The summed E-state index contributed by atoms with van der Waals surface area (Å²) in [6.45, 7) is 1.88. The van der Waals surface area contributed by atoms with E-state index in [2.05, 4.69) is 33.7 Å². The van der Waals surface area contributed by atoms with Crippen molar-refractivity contribution in [2.45, 2.75) is 38.3 Å². The molecule has 1 saturated carbocycles. The predicted octanol–water partition coefficient (Wildman–Crippen LogP) is 4.04. The molecule has 1 fully saturated rings. The van der Waals surface area contributed by atoms with Crippen molar-refractivity contribution in [1.29, 1.82) is 0 Å². The van der Waals surface area contributed by atoms with Crippen molar-refractivity contribution in [3.63, 3.8) is 0 Å². The Bertz CT molecular complexity index is 978. The Balaban J connectivity index is 1.30. The molecule has 1 heterocycles. The first kappa shape index (κ1) is 20.4. The molecule has 2 aromatic carbocycles. The van der Waals surface area contributed by atoms with Gasteiger partial charge in [-0.15, -0.1) is 0 Å². The number of hydrogen-bond acceptors (Lipinski definition) is 6. The third-order valence-corrected chi connectivity index (χ3v) is 5.99. The number of aromatic nitrogens is 2. The van der Waals surface area contributed by atoms with Crippen molar-refractivity contribution in [2.75, 3.05) is 36.6 Å². The third kappa shape index (κ3) is 4.82. The summed E-state index contributed by atoms with van der Waals surface area (Å²) >= 11 is 0. The summed E-state index contributed by atoms with van der Waals surface area (Å²) in [5.74, 6) is 2.41. The SMILES string of the molecule is CN(C)c1nc(NC2CCC(CNCc3ccccc3N)CC2)nc2ccccc12. The van der Waals surface area contributed by atoms with E-state index in [0.29, 0.717) is 12.0 Å². The second kappa shape index (κ2) is 9.30. The van der Waals surface area contributed by atoms with Crippen molar-refractivity contribution in [3.8, 4) is 0 Å². The van der Waals surface area contributed by atoms with Gasteiger partial charge < -0.3 is 21.3 Å². The summed E-state index contributed by atoms with van der Waals surface area (Å²) in [6, 6.07) is 16.7. The van der Waals surface area contributed by atoms with Crippen molar-refractivity contribution < 1.29 is 0 Å². The van der Waals surface area contributed by atoms with E-state index in [-0.39, 0.29) is 0 Å². The smallest absolute Gasteiger partial charge is 0.225 e. The largest absolute Gasteiger partial charge is 0.398 e. The fraction of sp³-hybridized carbons (Fsp3) is 0.417. The molecule has 30 heavy (non-hydrogen) atoms. The number of nitrogens with zero attached hydrogens (tertiary/aromatic N) is 3. The maximum absolute atomic E-state index is 6.03. The predicted molar refractivity (Wildman–Crippen MR) is 126 cm³/mol. The molecule has 0 unspecified atom stereocenters. The van der Waals surface area contributed by atoms with Crippen molar-refractivity contribution in [3.05, 3.63) is 54.1 Å². The van der Waals surface area contributed by atoms with E-state index in [4.69, 9.17) is 15.7 Å². The van der Waals surface area contributed by atoms with E-state index in [9.17, 15) is 0 Å². The fourth-order valence-corrected chi connectivity index (χ4v) is 4.26. The van der Waals surface area contributed by atoms with Gasteiger partial charge in [0.1, 0.15) is 5.82 Å². The van der Waals surface area contributed by atoms with Gasteiger partial charge in [-0.3, -0.25) is 0 Å². The second-order valence-electron chi connectivity index (χ2n) is 8.47. The highest BCUT2D eigenvalue weighted by atomic mass is 15.2. The zero-order valence-corrected chi connectivity index (χ0v) is 17.9. The van der Waals surface area contributed by atoms with Gasteiger partial charge in [0.05, 0.1) is 5.52 Å². The van der Waals surface area contributed by atoms with Crippen molar-refractivity contribution in [2.24, 2.45) is 5.92 Å². The molecule has 6 nitrogen and oxygen atoms in total. The maximum Gasteiger partial charge on any atom is 0.225 e. The number of anilines is 3. The Morgan fingerprint density at radius 3 is 2.47 bits per heavy atom. The summed E-state index contributed by atoms with van der Waals surface area (Å²) in [4.78, 5) is 11.6. The van der Waals surface area contributed by atoms with Gasteiger partial charge in [-0.05, 0) is 61.9 Å². The summed E-state index contributed by atoms with van der Waals surface area (Å²) in [6.07, 6.45) is 4.72. The number of nitrogens with one attached hydrogen (secondary N) is 2. The molecule has 3 aromatic rings. The molecule has 0 aliphatic heterocycles. The maximum atomic E-state index is 6.03. The molecule has 1 aliphatic carbocycles. The van der Waals surface area contributed by atoms with Crippen LogP contribution in [0.1, 0.15) is 31.2 Å². The lowest BCUT2D eigenvalue weighted by Gasteiger charge is -2.29. The molecule has 0 radical (unpaired) electrons. The minimum Gasteiger partial charge on any atom is -0.398 e. The summed E-state index contributed by atoms with van der Waals surface area (Å²) in [5, 5.41) is 8.26. The van der Waals surface area contributed by atoms with Gasteiger partial charge in [0, 0.05) is 37.8 Å². The average Bonchev–Trinajstić information content (AvgIpc) is 2.75. The zero-order valence-electron chi connectivity index (χ0n) is 17.9. The van der Waals surface area contributed by atoms with E-state index in [1.54, 1.807) is 0 Å². The number of nitrogens with two attached hydrogens (primary N) is 1. The number of hydrogen-bond donors (Lipinski definition) is 3. The Kier molecular flexibility index (Phi) is 6.33. The zero-order chi connectivity index (χ0) is 20.9. The Labute approximate surface area is 178 Å². The summed E-state index contributed by atoms with van der Waals surface area (Å²) < 4.78 is 0. The van der Waals surface area contributed by atoms with Crippen LogP contribution in [0.15, 0.2) is 48.5 Å². The fourth-order valence-electron chi connectivity index (χ4n) is 4.26. The van der Waals surface area contributed by atoms with Crippen molar-refractivity contribution >= 4 is 28.4 Å². The summed E-state index contributed by atoms with van der Waals surface area (Å²) in [5.41, 5.74) is 9.06. The average molecular weight is 405 g/mol. The molecule has 0 spiro atoms. The van der Waals surface area contributed by atoms with E-state index in [1.165, 1.54) is 18.4 Å². The molecule has 4 N–H and O–H groups in total. The highest BCUT2D eigenvalue weighted by Crippen LogP contribution is 2.28. The van der Waals surface area contributed by atoms with Gasteiger partial charge in [0.15, 0.2) is 0 Å². The van der Waals surface area contributed by atoms with Gasteiger partial charge in [0.2, 0.25) is 5.95 Å². The van der Waals surface area contributed by atoms with Crippen LogP contribution in [-0.4, -0.2) is 36.6 Å².